The van der Waals surface area contributed by atoms with Crippen LogP contribution in [-0.2, 0) is 16.2 Å². The first-order valence-corrected chi connectivity index (χ1v) is 13.5. The predicted molar refractivity (Wildman–Crippen MR) is 162 cm³/mol. The zero-order valence-corrected chi connectivity index (χ0v) is 24.8. The summed E-state index contributed by atoms with van der Waals surface area (Å²) in [6, 6.07) is 18.2. The third-order valence-electron chi connectivity index (χ3n) is 6.43. The van der Waals surface area contributed by atoms with E-state index in [0.717, 1.165) is 28.3 Å². The van der Waals surface area contributed by atoms with E-state index in [0.29, 0.717) is 0 Å². The maximum atomic E-state index is 4.55. The normalized spacial score (nSPS) is 12.2. The standard InChI is InChI=1S/3C11H14N2/c1-11(2,3)9-8-13-7-5-4-6-10(13)12-9;1-11(2,3)9-8-12-10-6-4-5-7-13(9)10;1-11(2,3)10-12-8-9-6-4-5-7-13(9)10/h3*4-8H,1-3H3. The molecule has 0 aliphatic rings. The number of pyridine rings is 3. The van der Waals surface area contributed by atoms with E-state index in [1.807, 2.05) is 67.1 Å². The van der Waals surface area contributed by atoms with Crippen molar-refractivity contribution in [3.8, 4) is 0 Å². The van der Waals surface area contributed by atoms with Crippen LogP contribution in [-0.4, -0.2) is 28.2 Å². The summed E-state index contributed by atoms with van der Waals surface area (Å²) in [6.07, 6.45) is 12.1. The van der Waals surface area contributed by atoms with Gasteiger partial charge >= 0.3 is 0 Å². The van der Waals surface area contributed by atoms with Crippen LogP contribution in [0, 0.1) is 0 Å². The minimum atomic E-state index is 0.105. The Morgan fingerprint density at radius 1 is 0.564 bits per heavy atom. The van der Waals surface area contributed by atoms with Gasteiger partial charge in [0.25, 0.3) is 0 Å². The van der Waals surface area contributed by atoms with Gasteiger partial charge in [0, 0.05) is 52.9 Å². The zero-order chi connectivity index (χ0) is 28.4. The molecular formula is C33H42N6. The van der Waals surface area contributed by atoms with Gasteiger partial charge in [0.2, 0.25) is 0 Å². The Kier molecular flexibility index (Phi) is 7.69. The van der Waals surface area contributed by atoms with E-state index < -0.39 is 0 Å². The van der Waals surface area contributed by atoms with Gasteiger partial charge in [-0.1, -0.05) is 80.5 Å². The van der Waals surface area contributed by atoms with Crippen molar-refractivity contribution in [1.29, 1.82) is 0 Å². The molecule has 0 radical (unpaired) electrons. The number of rotatable bonds is 0. The average molecular weight is 523 g/mol. The lowest BCUT2D eigenvalue weighted by atomic mass is 9.93. The molecule has 6 heterocycles. The molecule has 6 heteroatoms. The molecule has 0 aromatic carbocycles. The SMILES string of the molecule is CC(C)(C)c1cn2ccccc2n1.CC(C)(C)c1cnc2ccccn12.CC(C)(C)c1ncc2ccccn12. The summed E-state index contributed by atoms with van der Waals surface area (Å²) >= 11 is 0. The van der Waals surface area contributed by atoms with Crippen molar-refractivity contribution in [3.63, 3.8) is 0 Å². The Hall–Kier alpha value is -3.93. The van der Waals surface area contributed by atoms with Crippen LogP contribution in [0.25, 0.3) is 16.8 Å². The molecule has 39 heavy (non-hydrogen) atoms. The highest BCUT2D eigenvalue weighted by atomic mass is 15.0. The molecule has 0 fully saturated rings. The maximum absolute atomic E-state index is 4.55. The van der Waals surface area contributed by atoms with E-state index in [-0.39, 0.29) is 16.2 Å². The van der Waals surface area contributed by atoms with Gasteiger partial charge in [0.1, 0.15) is 17.1 Å². The summed E-state index contributed by atoms with van der Waals surface area (Å²) < 4.78 is 6.33. The van der Waals surface area contributed by atoms with Crippen molar-refractivity contribution < 1.29 is 0 Å². The topological polar surface area (TPSA) is 51.9 Å². The van der Waals surface area contributed by atoms with Crippen LogP contribution in [0.4, 0.5) is 0 Å². The summed E-state index contributed by atoms with van der Waals surface area (Å²) in [5, 5.41) is 0. The first-order chi connectivity index (χ1) is 18.2. The Balaban J connectivity index is 0.000000136. The summed E-state index contributed by atoms with van der Waals surface area (Å²) in [6.45, 7) is 19.6. The Morgan fingerprint density at radius 3 is 1.79 bits per heavy atom. The van der Waals surface area contributed by atoms with E-state index in [2.05, 4.69) is 115 Å². The van der Waals surface area contributed by atoms with Crippen molar-refractivity contribution >= 4 is 16.8 Å². The lowest BCUT2D eigenvalue weighted by Gasteiger charge is -2.17. The number of nitrogens with zero attached hydrogens (tertiary/aromatic N) is 6. The van der Waals surface area contributed by atoms with Crippen LogP contribution < -0.4 is 0 Å². The second-order valence-electron chi connectivity index (χ2n) is 13.0. The first kappa shape index (κ1) is 28.1. The Bertz CT molecular complexity index is 1530. The van der Waals surface area contributed by atoms with Gasteiger partial charge < -0.3 is 13.2 Å². The van der Waals surface area contributed by atoms with Crippen LogP contribution in [0.5, 0.6) is 0 Å². The third-order valence-corrected chi connectivity index (χ3v) is 6.43. The van der Waals surface area contributed by atoms with Gasteiger partial charge in [-0.05, 0) is 36.4 Å². The molecule has 0 spiro atoms. The molecule has 6 aromatic rings. The molecule has 0 saturated carbocycles. The molecule has 0 N–H and O–H groups in total. The van der Waals surface area contributed by atoms with Crippen molar-refractivity contribution in [2.75, 3.05) is 0 Å². The van der Waals surface area contributed by atoms with Gasteiger partial charge in [-0.2, -0.15) is 0 Å². The number of hydrogen-bond donors (Lipinski definition) is 0. The molecule has 0 saturated heterocycles. The summed E-state index contributed by atoms with van der Waals surface area (Å²) in [5.41, 5.74) is 5.98. The number of hydrogen-bond acceptors (Lipinski definition) is 3. The van der Waals surface area contributed by atoms with Gasteiger partial charge in [0.15, 0.2) is 0 Å². The molecular weight excluding hydrogens is 480 g/mol. The van der Waals surface area contributed by atoms with E-state index in [9.17, 15) is 0 Å². The van der Waals surface area contributed by atoms with Crippen LogP contribution in [0.15, 0.2) is 91.8 Å². The van der Waals surface area contributed by atoms with E-state index in [4.69, 9.17) is 0 Å². The van der Waals surface area contributed by atoms with Gasteiger partial charge in [0.05, 0.1) is 17.4 Å². The van der Waals surface area contributed by atoms with Crippen LogP contribution in [0.2, 0.25) is 0 Å². The molecule has 0 aliphatic carbocycles. The summed E-state index contributed by atoms with van der Waals surface area (Å²) in [7, 11) is 0. The largest absolute Gasteiger partial charge is 0.307 e. The van der Waals surface area contributed by atoms with Crippen LogP contribution in [0.1, 0.15) is 79.5 Å². The molecule has 0 bridgehead atoms. The number of aromatic nitrogens is 6. The fourth-order valence-corrected chi connectivity index (χ4v) is 4.28. The minimum absolute atomic E-state index is 0.105. The van der Waals surface area contributed by atoms with Crippen LogP contribution >= 0.6 is 0 Å². The first-order valence-electron chi connectivity index (χ1n) is 13.5. The molecule has 6 nitrogen and oxygen atoms in total. The molecule has 0 amide bonds. The van der Waals surface area contributed by atoms with Gasteiger partial charge in [-0.15, -0.1) is 0 Å². The van der Waals surface area contributed by atoms with Crippen molar-refractivity contribution in [2.24, 2.45) is 0 Å². The zero-order valence-electron chi connectivity index (χ0n) is 24.8. The second-order valence-corrected chi connectivity index (χ2v) is 13.0. The highest BCUT2D eigenvalue weighted by molar-refractivity contribution is 5.46. The van der Waals surface area contributed by atoms with Crippen molar-refractivity contribution in [3.05, 3.63) is 109 Å². The lowest BCUT2D eigenvalue weighted by Crippen LogP contribution is -2.15. The van der Waals surface area contributed by atoms with E-state index in [1.54, 1.807) is 0 Å². The van der Waals surface area contributed by atoms with E-state index >= 15 is 0 Å². The van der Waals surface area contributed by atoms with Crippen molar-refractivity contribution in [1.82, 2.24) is 28.2 Å². The highest BCUT2D eigenvalue weighted by Crippen LogP contribution is 2.23. The van der Waals surface area contributed by atoms with Crippen LogP contribution in [0.3, 0.4) is 0 Å². The Labute approximate surface area is 232 Å². The monoisotopic (exact) mass is 522 g/mol. The predicted octanol–water partition coefficient (Wildman–Crippen LogP) is 7.90. The molecule has 204 valence electrons. The number of imidazole rings is 3. The molecule has 0 unspecified atom stereocenters. The summed E-state index contributed by atoms with van der Waals surface area (Å²) in [5.74, 6) is 1.11. The van der Waals surface area contributed by atoms with Crippen molar-refractivity contribution in [2.45, 2.75) is 78.6 Å². The quantitative estimate of drug-likeness (QED) is 0.204. The average Bonchev–Trinajstić information content (AvgIpc) is 3.60. The highest BCUT2D eigenvalue weighted by Gasteiger charge is 2.19. The minimum Gasteiger partial charge on any atom is -0.307 e. The van der Waals surface area contributed by atoms with Gasteiger partial charge in [-0.3, -0.25) is 0 Å². The number of fused-ring (bicyclic) bond motifs is 3. The third kappa shape index (κ3) is 6.56. The smallest absolute Gasteiger partial charge is 0.136 e. The fourth-order valence-electron chi connectivity index (χ4n) is 4.28. The fraction of sp³-hybridized carbons (Fsp3) is 0.364. The Morgan fingerprint density at radius 2 is 1.18 bits per heavy atom. The molecule has 0 aliphatic heterocycles. The molecule has 6 aromatic heterocycles. The van der Waals surface area contributed by atoms with E-state index in [1.165, 1.54) is 5.69 Å². The van der Waals surface area contributed by atoms with Gasteiger partial charge in [-0.25, -0.2) is 15.0 Å². The molecule has 0 atom stereocenters. The maximum Gasteiger partial charge on any atom is 0.136 e. The second kappa shape index (κ2) is 10.7. The lowest BCUT2D eigenvalue weighted by molar-refractivity contribution is 0.543. The summed E-state index contributed by atoms with van der Waals surface area (Å²) in [4.78, 5) is 13.3. The molecule has 6 rings (SSSR count).